The predicted molar refractivity (Wildman–Crippen MR) is 73.4 cm³/mol. The lowest BCUT2D eigenvalue weighted by atomic mass is 10.2. The predicted octanol–water partition coefficient (Wildman–Crippen LogP) is 4.16. The Labute approximate surface area is 112 Å². The molecule has 2 heterocycles. The van der Waals surface area contributed by atoms with Crippen molar-refractivity contribution < 1.29 is 4.39 Å². The summed E-state index contributed by atoms with van der Waals surface area (Å²) < 4.78 is 14.9. The topological polar surface area (TPSA) is 25.8 Å². The Morgan fingerprint density at radius 3 is 2.75 bits per heavy atom. The highest BCUT2D eigenvalue weighted by atomic mass is 127. The minimum atomic E-state index is -0.201. The van der Waals surface area contributed by atoms with E-state index in [1.807, 2.05) is 6.07 Å². The van der Waals surface area contributed by atoms with Gasteiger partial charge in [0, 0.05) is 4.70 Å². The van der Waals surface area contributed by atoms with Gasteiger partial charge in [0.1, 0.15) is 5.82 Å². The molecule has 0 aliphatic carbocycles. The van der Waals surface area contributed by atoms with E-state index in [0.29, 0.717) is 0 Å². The molecule has 6 heteroatoms. The van der Waals surface area contributed by atoms with Gasteiger partial charge in [-0.15, -0.1) is 21.5 Å². The first-order valence-electron chi connectivity index (χ1n) is 4.41. The average molecular weight is 362 g/mol. The Kier molecular flexibility index (Phi) is 2.64. The first-order chi connectivity index (χ1) is 7.72. The molecule has 0 saturated carbocycles. The first kappa shape index (κ1) is 10.5. The van der Waals surface area contributed by atoms with Gasteiger partial charge in [0.2, 0.25) is 0 Å². The van der Waals surface area contributed by atoms with Crippen LogP contribution in [-0.4, -0.2) is 10.2 Å². The van der Waals surface area contributed by atoms with Gasteiger partial charge >= 0.3 is 0 Å². The quantitative estimate of drug-likeness (QED) is 0.608. The maximum atomic E-state index is 13.0. The summed E-state index contributed by atoms with van der Waals surface area (Å²) in [6.45, 7) is 0. The van der Waals surface area contributed by atoms with Gasteiger partial charge in [-0.3, -0.25) is 0 Å². The largest absolute Gasteiger partial charge is 0.207 e. The zero-order chi connectivity index (χ0) is 11.1. The Hall–Kier alpha value is -0.600. The van der Waals surface area contributed by atoms with E-state index >= 15 is 0 Å². The number of halogens is 2. The smallest absolute Gasteiger partial charge is 0.178 e. The number of fused-ring (bicyclic) bond motifs is 1. The molecule has 0 bridgehead atoms. The van der Waals surface area contributed by atoms with Gasteiger partial charge in [-0.25, -0.2) is 4.39 Å². The van der Waals surface area contributed by atoms with Crippen molar-refractivity contribution in [2.45, 2.75) is 0 Å². The molecule has 16 heavy (non-hydrogen) atoms. The molecule has 0 spiro atoms. The molecule has 2 nitrogen and oxygen atoms in total. The third-order valence-electron chi connectivity index (χ3n) is 2.09. The molecule has 2 aromatic heterocycles. The normalized spacial score (nSPS) is 11.1. The number of thiophene rings is 1. The van der Waals surface area contributed by atoms with Crippen molar-refractivity contribution in [1.82, 2.24) is 10.2 Å². The molecule has 0 N–H and O–H groups in total. The number of rotatable bonds is 1. The van der Waals surface area contributed by atoms with Crippen molar-refractivity contribution in [2.75, 3.05) is 0 Å². The van der Waals surface area contributed by atoms with Crippen LogP contribution in [0.25, 0.3) is 20.0 Å². The van der Waals surface area contributed by atoms with E-state index in [2.05, 4.69) is 32.8 Å². The van der Waals surface area contributed by atoms with E-state index in [4.69, 9.17) is 0 Å². The lowest BCUT2D eigenvalue weighted by Gasteiger charge is -1.86. The van der Waals surface area contributed by atoms with Gasteiger partial charge in [0.05, 0.1) is 4.88 Å². The van der Waals surface area contributed by atoms with E-state index in [0.717, 1.165) is 23.0 Å². The average Bonchev–Trinajstić information content (AvgIpc) is 2.83. The zero-order valence-electron chi connectivity index (χ0n) is 7.78. The summed E-state index contributed by atoms with van der Waals surface area (Å²) in [5.74, 6) is -0.201. The minimum absolute atomic E-state index is 0.201. The maximum absolute atomic E-state index is 13.0. The summed E-state index contributed by atoms with van der Waals surface area (Å²) in [6.07, 6.45) is 0. The Morgan fingerprint density at radius 1 is 1.12 bits per heavy atom. The molecule has 0 fully saturated rings. The van der Waals surface area contributed by atoms with E-state index < -0.39 is 0 Å². The Morgan fingerprint density at radius 2 is 2.00 bits per heavy atom. The summed E-state index contributed by atoms with van der Waals surface area (Å²) in [5.41, 5.74) is 0. The molecule has 0 aliphatic rings. The molecule has 3 rings (SSSR count). The van der Waals surface area contributed by atoms with Crippen LogP contribution in [-0.2, 0) is 0 Å². The van der Waals surface area contributed by atoms with Crippen LogP contribution < -0.4 is 0 Å². The van der Waals surface area contributed by atoms with Crippen LogP contribution in [0.3, 0.4) is 0 Å². The highest BCUT2D eigenvalue weighted by molar-refractivity contribution is 14.1. The Bertz CT molecular complexity index is 662. The summed E-state index contributed by atoms with van der Waals surface area (Å²) in [5, 5.41) is 9.99. The number of aromatic nitrogens is 2. The summed E-state index contributed by atoms with van der Waals surface area (Å²) in [4.78, 5) is 1.04. The molecule has 0 aliphatic heterocycles. The second-order valence-corrected chi connectivity index (χ2v) is 6.97. The molecule has 0 unspecified atom stereocenters. The SMILES string of the molecule is Fc1ccc2cc(-c3nnc(I)s3)sc2c1. The third kappa shape index (κ3) is 1.85. The van der Waals surface area contributed by atoms with Gasteiger partial charge in [-0.2, -0.15) is 0 Å². The van der Waals surface area contributed by atoms with Crippen molar-refractivity contribution >= 4 is 55.4 Å². The highest BCUT2D eigenvalue weighted by Gasteiger charge is 2.09. The van der Waals surface area contributed by atoms with E-state index in [1.54, 1.807) is 34.8 Å². The monoisotopic (exact) mass is 362 g/mol. The number of hydrogen-bond acceptors (Lipinski definition) is 4. The summed E-state index contributed by atoms with van der Waals surface area (Å²) >= 11 is 5.22. The number of nitrogens with zero attached hydrogens (tertiary/aromatic N) is 2. The Balaban J connectivity index is 2.18. The van der Waals surface area contributed by atoms with Crippen molar-refractivity contribution in [3.63, 3.8) is 0 Å². The van der Waals surface area contributed by atoms with E-state index in [1.165, 1.54) is 6.07 Å². The van der Waals surface area contributed by atoms with Crippen LogP contribution in [0.1, 0.15) is 0 Å². The molecule has 0 amide bonds. The molecule has 0 radical (unpaired) electrons. The fourth-order valence-corrected chi connectivity index (χ4v) is 3.85. The second kappa shape index (κ2) is 4.01. The molecule has 1 aromatic carbocycles. The van der Waals surface area contributed by atoms with Crippen molar-refractivity contribution in [3.8, 4) is 9.88 Å². The summed E-state index contributed by atoms with van der Waals surface area (Å²) in [6, 6.07) is 6.84. The van der Waals surface area contributed by atoms with Gasteiger partial charge in [-0.1, -0.05) is 17.4 Å². The van der Waals surface area contributed by atoms with Crippen LogP contribution in [0.2, 0.25) is 0 Å². The summed E-state index contributed by atoms with van der Waals surface area (Å²) in [7, 11) is 0. The fraction of sp³-hybridized carbons (Fsp3) is 0. The van der Waals surface area contributed by atoms with Crippen LogP contribution in [0, 0.1) is 8.83 Å². The van der Waals surface area contributed by atoms with Crippen LogP contribution >= 0.6 is 45.3 Å². The van der Waals surface area contributed by atoms with Crippen LogP contribution in [0.15, 0.2) is 24.3 Å². The van der Waals surface area contributed by atoms with Crippen LogP contribution in [0.5, 0.6) is 0 Å². The van der Waals surface area contributed by atoms with Gasteiger partial charge in [0.25, 0.3) is 0 Å². The van der Waals surface area contributed by atoms with Gasteiger partial charge in [-0.05, 0) is 46.2 Å². The van der Waals surface area contributed by atoms with Gasteiger partial charge in [0.15, 0.2) is 8.02 Å². The van der Waals surface area contributed by atoms with Crippen LogP contribution in [0.4, 0.5) is 4.39 Å². The van der Waals surface area contributed by atoms with Crippen molar-refractivity contribution in [1.29, 1.82) is 0 Å². The lowest BCUT2D eigenvalue weighted by molar-refractivity contribution is 0.630. The number of benzene rings is 1. The second-order valence-electron chi connectivity index (χ2n) is 3.15. The molecular formula is C10H4FIN2S2. The minimum Gasteiger partial charge on any atom is -0.207 e. The molecule has 0 atom stereocenters. The van der Waals surface area contributed by atoms with E-state index in [9.17, 15) is 4.39 Å². The van der Waals surface area contributed by atoms with E-state index in [-0.39, 0.29) is 5.82 Å². The molecule has 3 aromatic rings. The third-order valence-corrected chi connectivity index (χ3v) is 4.95. The molecule has 0 saturated heterocycles. The fourth-order valence-electron chi connectivity index (χ4n) is 1.42. The zero-order valence-corrected chi connectivity index (χ0v) is 11.6. The maximum Gasteiger partial charge on any atom is 0.178 e. The first-order valence-corrected chi connectivity index (χ1v) is 7.12. The molecular weight excluding hydrogens is 358 g/mol. The van der Waals surface area contributed by atoms with Crippen molar-refractivity contribution in [3.05, 3.63) is 33.1 Å². The standard InChI is InChI=1S/C10H4FIN2S2/c11-6-2-1-5-3-8(15-7(5)4-6)9-13-14-10(12)16-9/h1-4H. The molecule has 80 valence electrons. The lowest BCUT2D eigenvalue weighted by Crippen LogP contribution is -1.70. The highest BCUT2D eigenvalue weighted by Crippen LogP contribution is 2.35. The van der Waals surface area contributed by atoms with Crippen molar-refractivity contribution in [2.24, 2.45) is 0 Å². The van der Waals surface area contributed by atoms with Gasteiger partial charge < -0.3 is 0 Å². The number of hydrogen-bond donors (Lipinski definition) is 0.